The van der Waals surface area contributed by atoms with E-state index in [0.29, 0.717) is 0 Å². The minimum absolute atomic E-state index is 0.745. The molecule has 0 aliphatic carbocycles. The molecule has 3 rings (SSSR count). The highest BCUT2D eigenvalue weighted by molar-refractivity contribution is 4.82. The zero-order valence-electron chi connectivity index (χ0n) is 7.90. The van der Waals surface area contributed by atoms with Crippen LogP contribution in [-0.2, 0) is 0 Å². The Kier molecular flexibility index (Phi) is 1.54. The van der Waals surface area contributed by atoms with Crippen molar-refractivity contribution in [2.24, 2.45) is 5.41 Å². The summed E-state index contributed by atoms with van der Waals surface area (Å²) >= 11 is 0. The molecular weight excluding hydrogens is 134 g/mol. The average Bonchev–Trinajstić information content (AvgIpc) is 2.07. The lowest BCUT2D eigenvalue weighted by Gasteiger charge is -2.53. The van der Waals surface area contributed by atoms with E-state index in [9.17, 15) is 0 Å². The highest BCUT2D eigenvalue weighted by Gasteiger charge is 2.44. The molecule has 3 aliphatic heterocycles. The van der Waals surface area contributed by atoms with Gasteiger partial charge in [-0.3, -0.25) is 0 Å². The Morgan fingerprint density at radius 2 is 1.55 bits per heavy atom. The first-order valence-corrected chi connectivity index (χ1v) is 5.03. The van der Waals surface area contributed by atoms with Crippen molar-refractivity contribution in [1.29, 1.82) is 0 Å². The van der Waals surface area contributed by atoms with E-state index in [0.717, 1.165) is 5.41 Å². The van der Waals surface area contributed by atoms with E-state index >= 15 is 0 Å². The fraction of sp³-hybridized carbons (Fsp3) is 1.00. The van der Waals surface area contributed by atoms with Gasteiger partial charge in [0, 0.05) is 19.3 Å². The summed E-state index contributed by atoms with van der Waals surface area (Å²) in [5.41, 5.74) is 0.745. The van der Waals surface area contributed by atoms with Gasteiger partial charge in [-0.1, -0.05) is 6.92 Å². The molecule has 0 amide bonds. The van der Waals surface area contributed by atoms with Crippen molar-refractivity contribution in [1.82, 2.24) is 0 Å². The molecule has 2 bridgehead atoms. The van der Waals surface area contributed by atoms with Crippen molar-refractivity contribution >= 4 is 0 Å². The second-order valence-corrected chi connectivity index (χ2v) is 4.89. The van der Waals surface area contributed by atoms with Gasteiger partial charge in [0.25, 0.3) is 0 Å². The number of piperidine rings is 3. The van der Waals surface area contributed by atoms with Crippen molar-refractivity contribution in [2.75, 3.05) is 26.2 Å². The molecule has 3 aliphatic rings. The van der Waals surface area contributed by atoms with Gasteiger partial charge in [0.1, 0.15) is 0 Å². The molecule has 3 saturated heterocycles. The molecule has 0 aromatic carbocycles. The predicted molar refractivity (Wildman–Crippen MR) is 47.4 cm³/mol. The molecule has 0 aromatic rings. The van der Waals surface area contributed by atoms with Crippen molar-refractivity contribution in [3.63, 3.8) is 0 Å². The molecule has 64 valence electrons. The van der Waals surface area contributed by atoms with Crippen LogP contribution in [0.5, 0.6) is 0 Å². The molecule has 1 nitrogen and oxygen atoms in total. The monoisotopic (exact) mass is 154 g/mol. The Morgan fingerprint density at radius 1 is 1.09 bits per heavy atom. The molecular formula is C10H20N+. The van der Waals surface area contributed by atoms with Crippen LogP contribution in [0.25, 0.3) is 0 Å². The first-order chi connectivity index (χ1) is 5.18. The molecule has 0 radical (unpaired) electrons. The molecule has 0 aromatic heterocycles. The summed E-state index contributed by atoms with van der Waals surface area (Å²) in [6.07, 6.45) is 4.46. The Labute approximate surface area is 70.0 Å². The van der Waals surface area contributed by atoms with Crippen LogP contribution < -0.4 is 0 Å². The molecule has 0 atom stereocenters. The summed E-state index contributed by atoms with van der Waals surface area (Å²) in [6, 6.07) is 0. The highest BCUT2D eigenvalue weighted by atomic mass is 15.4. The molecule has 0 spiro atoms. The lowest BCUT2D eigenvalue weighted by molar-refractivity contribution is -0.943. The van der Waals surface area contributed by atoms with E-state index < -0.39 is 0 Å². The number of hydrogen-bond donors (Lipinski definition) is 0. The van der Waals surface area contributed by atoms with Crippen LogP contribution in [0.4, 0.5) is 0 Å². The summed E-state index contributed by atoms with van der Waals surface area (Å²) in [6.45, 7) is 10.6. The van der Waals surface area contributed by atoms with Gasteiger partial charge in [0.2, 0.25) is 0 Å². The Morgan fingerprint density at radius 3 is 1.91 bits per heavy atom. The lowest BCUT2D eigenvalue weighted by atomic mass is 9.72. The number of rotatable bonds is 1. The van der Waals surface area contributed by atoms with E-state index in [-0.39, 0.29) is 0 Å². The summed E-state index contributed by atoms with van der Waals surface area (Å²) in [5, 5.41) is 0. The van der Waals surface area contributed by atoms with Crippen LogP contribution in [0.3, 0.4) is 0 Å². The molecule has 3 fully saturated rings. The van der Waals surface area contributed by atoms with E-state index in [1.165, 1.54) is 49.9 Å². The van der Waals surface area contributed by atoms with Crippen LogP contribution in [0.2, 0.25) is 0 Å². The fourth-order valence-electron chi connectivity index (χ4n) is 2.71. The zero-order chi connectivity index (χ0) is 7.95. The average molecular weight is 154 g/mol. The maximum absolute atomic E-state index is 2.48. The second kappa shape index (κ2) is 2.22. The molecule has 0 N–H and O–H groups in total. The van der Waals surface area contributed by atoms with Gasteiger partial charge in [-0.15, -0.1) is 0 Å². The third-order valence-electron chi connectivity index (χ3n) is 4.24. The molecule has 0 saturated carbocycles. The summed E-state index contributed by atoms with van der Waals surface area (Å²) < 4.78 is 1.44. The van der Waals surface area contributed by atoms with Crippen molar-refractivity contribution in [2.45, 2.75) is 33.1 Å². The fourth-order valence-corrected chi connectivity index (χ4v) is 2.71. The molecule has 11 heavy (non-hydrogen) atoms. The Hall–Kier alpha value is -0.0400. The van der Waals surface area contributed by atoms with Crippen LogP contribution in [0.1, 0.15) is 33.1 Å². The Balaban J connectivity index is 2.12. The standard InChI is InChI=1S/C10H20N/c1-3-11-7-4-10(2,5-8-11)6-9-11/h3-9H2,1-2H3/q+1. The lowest BCUT2D eigenvalue weighted by Crippen LogP contribution is -2.60. The maximum Gasteiger partial charge on any atom is 0.0791 e. The first-order valence-electron chi connectivity index (χ1n) is 5.03. The van der Waals surface area contributed by atoms with Crippen molar-refractivity contribution in [3.8, 4) is 0 Å². The topological polar surface area (TPSA) is 0 Å². The summed E-state index contributed by atoms with van der Waals surface area (Å²) in [4.78, 5) is 0. The minimum Gasteiger partial charge on any atom is -0.324 e. The van der Waals surface area contributed by atoms with Gasteiger partial charge < -0.3 is 4.48 Å². The first kappa shape index (κ1) is 7.60. The van der Waals surface area contributed by atoms with Crippen LogP contribution in [-0.4, -0.2) is 30.7 Å². The summed E-state index contributed by atoms with van der Waals surface area (Å²) in [7, 11) is 0. The zero-order valence-corrected chi connectivity index (χ0v) is 7.90. The van der Waals surface area contributed by atoms with Crippen molar-refractivity contribution < 1.29 is 4.48 Å². The molecule has 1 heteroatoms. The van der Waals surface area contributed by atoms with Gasteiger partial charge >= 0.3 is 0 Å². The number of quaternary nitrogens is 1. The normalized spacial score (nSPS) is 49.6. The third-order valence-corrected chi connectivity index (χ3v) is 4.24. The molecule has 0 unspecified atom stereocenters. The van der Waals surface area contributed by atoms with Crippen molar-refractivity contribution in [3.05, 3.63) is 0 Å². The smallest absolute Gasteiger partial charge is 0.0791 e. The van der Waals surface area contributed by atoms with E-state index in [1.54, 1.807) is 0 Å². The number of nitrogens with zero attached hydrogens (tertiary/aromatic N) is 1. The van der Waals surface area contributed by atoms with Gasteiger partial charge in [0.05, 0.1) is 26.2 Å². The third kappa shape index (κ3) is 1.10. The van der Waals surface area contributed by atoms with Crippen LogP contribution in [0.15, 0.2) is 0 Å². The SMILES string of the molecule is CC[N+]12CCC(C)(CC1)CC2. The Bertz CT molecular complexity index is 138. The highest BCUT2D eigenvalue weighted by Crippen LogP contribution is 2.42. The maximum atomic E-state index is 2.48. The van der Waals surface area contributed by atoms with E-state index in [2.05, 4.69) is 13.8 Å². The largest absolute Gasteiger partial charge is 0.324 e. The number of hydrogen-bond acceptors (Lipinski definition) is 0. The number of fused-ring (bicyclic) bond motifs is 3. The van der Waals surface area contributed by atoms with Crippen LogP contribution >= 0.6 is 0 Å². The van der Waals surface area contributed by atoms with Crippen LogP contribution in [0, 0.1) is 5.41 Å². The van der Waals surface area contributed by atoms with Gasteiger partial charge in [-0.05, 0) is 12.3 Å². The van der Waals surface area contributed by atoms with Gasteiger partial charge in [-0.2, -0.15) is 0 Å². The second-order valence-electron chi connectivity index (χ2n) is 4.89. The summed E-state index contributed by atoms with van der Waals surface area (Å²) in [5.74, 6) is 0. The van der Waals surface area contributed by atoms with E-state index in [4.69, 9.17) is 0 Å². The van der Waals surface area contributed by atoms with Gasteiger partial charge in [0.15, 0.2) is 0 Å². The minimum atomic E-state index is 0.745. The van der Waals surface area contributed by atoms with E-state index in [1.807, 2.05) is 0 Å². The van der Waals surface area contributed by atoms with Gasteiger partial charge in [-0.25, -0.2) is 0 Å². The quantitative estimate of drug-likeness (QED) is 0.507. The predicted octanol–water partition coefficient (Wildman–Crippen LogP) is 2.03. The molecule has 3 heterocycles.